The first-order valence-corrected chi connectivity index (χ1v) is 6.99. The number of nitrogens with zero attached hydrogens (tertiary/aromatic N) is 1. The summed E-state index contributed by atoms with van der Waals surface area (Å²) in [6.45, 7) is 2.17. The van der Waals surface area contributed by atoms with Gasteiger partial charge in [-0.2, -0.15) is 0 Å². The van der Waals surface area contributed by atoms with Gasteiger partial charge in [0.25, 0.3) is 5.69 Å². The molecule has 5 nitrogen and oxygen atoms in total. The molecule has 2 aromatic carbocycles. The van der Waals surface area contributed by atoms with E-state index in [1.807, 2.05) is 12.1 Å². The second-order valence-corrected chi connectivity index (χ2v) is 5.00. The van der Waals surface area contributed by atoms with Crippen molar-refractivity contribution in [2.75, 3.05) is 11.1 Å². The average Bonchev–Trinajstić information content (AvgIpc) is 2.46. The van der Waals surface area contributed by atoms with E-state index in [2.05, 4.69) is 24.4 Å². The first-order chi connectivity index (χ1) is 10.1. The van der Waals surface area contributed by atoms with E-state index < -0.39 is 4.92 Å². The van der Waals surface area contributed by atoms with Crippen LogP contribution in [0.5, 0.6) is 0 Å². The molecule has 21 heavy (non-hydrogen) atoms. The SMILES string of the molecule is CCCCc1ccc(Nc2cc(N)cc([N+](=O)[O-])c2)cc1. The molecule has 0 atom stereocenters. The maximum absolute atomic E-state index is 10.8. The minimum absolute atomic E-state index is 0.0166. The lowest BCUT2D eigenvalue weighted by molar-refractivity contribution is -0.384. The maximum atomic E-state index is 10.8. The summed E-state index contributed by atoms with van der Waals surface area (Å²) in [4.78, 5) is 10.4. The zero-order valence-corrected chi connectivity index (χ0v) is 12.0. The molecule has 0 aliphatic heterocycles. The van der Waals surface area contributed by atoms with Crippen LogP contribution < -0.4 is 11.1 Å². The molecule has 110 valence electrons. The van der Waals surface area contributed by atoms with Gasteiger partial charge in [0, 0.05) is 29.2 Å². The highest BCUT2D eigenvalue weighted by Crippen LogP contribution is 2.25. The van der Waals surface area contributed by atoms with E-state index in [1.165, 1.54) is 30.5 Å². The number of hydrogen-bond acceptors (Lipinski definition) is 4. The molecule has 0 heterocycles. The predicted octanol–water partition coefficient (Wildman–Crippen LogP) is 4.26. The number of rotatable bonds is 6. The second kappa shape index (κ2) is 6.74. The summed E-state index contributed by atoms with van der Waals surface area (Å²) < 4.78 is 0. The Morgan fingerprint density at radius 3 is 2.48 bits per heavy atom. The Labute approximate surface area is 123 Å². The van der Waals surface area contributed by atoms with E-state index in [1.54, 1.807) is 6.07 Å². The summed E-state index contributed by atoms with van der Waals surface area (Å²) >= 11 is 0. The molecule has 0 saturated heterocycles. The van der Waals surface area contributed by atoms with Gasteiger partial charge in [-0.3, -0.25) is 10.1 Å². The van der Waals surface area contributed by atoms with Gasteiger partial charge in [-0.15, -0.1) is 0 Å². The molecule has 0 unspecified atom stereocenters. The van der Waals surface area contributed by atoms with Crippen molar-refractivity contribution in [3.63, 3.8) is 0 Å². The number of nitro groups is 1. The van der Waals surface area contributed by atoms with Crippen molar-refractivity contribution in [3.05, 3.63) is 58.1 Å². The van der Waals surface area contributed by atoms with Crippen LogP contribution in [0.2, 0.25) is 0 Å². The molecule has 0 fully saturated rings. The van der Waals surface area contributed by atoms with Crippen molar-refractivity contribution in [2.45, 2.75) is 26.2 Å². The zero-order chi connectivity index (χ0) is 15.2. The minimum Gasteiger partial charge on any atom is -0.398 e. The molecule has 0 bridgehead atoms. The van der Waals surface area contributed by atoms with Gasteiger partial charge in [0.1, 0.15) is 0 Å². The summed E-state index contributed by atoms with van der Waals surface area (Å²) in [6.07, 6.45) is 3.42. The average molecular weight is 285 g/mol. The Balaban J connectivity index is 2.12. The summed E-state index contributed by atoms with van der Waals surface area (Å²) in [6, 6.07) is 12.6. The fourth-order valence-corrected chi connectivity index (χ4v) is 2.11. The van der Waals surface area contributed by atoms with Crippen LogP contribution in [0, 0.1) is 10.1 Å². The summed E-state index contributed by atoms with van der Waals surface area (Å²) in [5.41, 5.74) is 8.83. The molecule has 0 spiro atoms. The lowest BCUT2D eigenvalue weighted by atomic mass is 10.1. The van der Waals surface area contributed by atoms with Crippen LogP contribution in [0.1, 0.15) is 25.3 Å². The predicted molar refractivity (Wildman–Crippen MR) is 85.8 cm³/mol. The van der Waals surface area contributed by atoms with Crippen molar-refractivity contribution < 1.29 is 4.92 Å². The molecule has 0 radical (unpaired) electrons. The van der Waals surface area contributed by atoms with Gasteiger partial charge >= 0.3 is 0 Å². The highest BCUT2D eigenvalue weighted by Gasteiger charge is 2.08. The number of nitrogens with two attached hydrogens (primary N) is 1. The number of aryl methyl sites for hydroxylation is 1. The maximum Gasteiger partial charge on any atom is 0.273 e. The van der Waals surface area contributed by atoms with Gasteiger partial charge < -0.3 is 11.1 Å². The topological polar surface area (TPSA) is 81.2 Å². The standard InChI is InChI=1S/C16H19N3O2/c1-2-3-4-12-5-7-14(8-6-12)18-15-9-13(17)10-16(11-15)19(20)21/h5-11,18H,2-4,17H2,1H3. The van der Waals surface area contributed by atoms with Crippen molar-refractivity contribution in [1.29, 1.82) is 0 Å². The third kappa shape index (κ3) is 4.21. The van der Waals surface area contributed by atoms with Crippen LogP contribution in [0.15, 0.2) is 42.5 Å². The highest BCUT2D eigenvalue weighted by atomic mass is 16.6. The molecule has 0 saturated carbocycles. The van der Waals surface area contributed by atoms with Gasteiger partial charge in [0.2, 0.25) is 0 Å². The van der Waals surface area contributed by atoms with Crippen molar-refractivity contribution in [3.8, 4) is 0 Å². The van der Waals surface area contributed by atoms with Crippen molar-refractivity contribution >= 4 is 22.7 Å². The number of non-ortho nitro benzene ring substituents is 1. The normalized spacial score (nSPS) is 10.3. The van der Waals surface area contributed by atoms with E-state index in [4.69, 9.17) is 5.73 Å². The first kappa shape index (κ1) is 14.8. The zero-order valence-electron chi connectivity index (χ0n) is 12.0. The van der Waals surface area contributed by atoms with Crippen LogP contribution in [0.3, 0.4) is 0 Å². The molecule has 0 amide bonds. The third-order valence-corrected chi connectivity index (χ3v) is 3.21. The number of nitrogens with one attached hydrogen (secondary N) is 1. The third-order valence-electron chi connectivity index (χ3n) is 3.21. The Kier molecular flexibility index (Phi) is 4.77. The van der Waals surface area contributed by atoms with Gasteiger partial charge in [-0.05, 0) is 36.6 Å². The molecule has 2 aromatic rings. The van der Waals surface area contributed by atoms with E-state index >= 15 is 0 Å². The van der Waals surface area contributed by atoms with Gasteiger partial charge in [0.15, 0.2) is 0 Å². The molecular formula is C16H19N3O2. The minimum atomic E-state index is -0.449. The molecule has 2 rings (SSSR count). The molecule has 0 aliphatic rings. The van der Waals surface area contributed by atoms with Crippen LogP contribution >= 0.6 is 0 Å². The number of nitrogen functional groups attached to an aromatic ring is 1. The van der Waals surface area contributed by atoms with Crippen LogP contribution in [-0.4, -0.2) is 4.92 Å². The van der Waals surface area contributed by atoms with Crippen LogP contribution in [0.4, 0.5) is 22.7 Å². The van der Waals surface area contributed by atoms with Gasteiger partial charge in [-0.25, -0.2) is 0 Å². The van der Waals surface area contributed by atoms with E-state index in [9.17, 15) is 10.1 Å². The molecular weight excluding hydrogens is 266 g/mol. The number of anilines is 3. The molecule has 0 aromatic heterocycles. The lowest BCUT2D eigenvalue weighted by Crippen LogP contribution is -1.96. The second-order valence-electron chi connectivity index (χ2n) is 5.00. The summed E-state index contributed by atoms with van der Waals surface area (Å²) in [5, 5.41) is 14.0. The number of nitro benzene ring substituents is 1. The van der Waals surface area contributed by atoms with E-state index in [0.717, 1.165) is 12.1 Å². The molecule has 5 heteroatoms. The lowest BCUT2D eigenvalue weighted by Gasteiger charge is -2.08. The summed E-state index contributed by atoms with van der Waals surface area (Å²) in [7, 11) is 0. The fraction of sp³-hybridized carbons (Fsp3) is 0.250. The highest BCUT2D eigenvalue weighted by molar-refractivity contribution is 5.67. The summed E-state index contributed by atoms with van der Waals surface area (Å²) in [5.74, 6) is 0. The monoisotopic (exact) mass is 285 g/mol. The Bertz CT molecular complexity index is 624. The number of hydrogen-bond donors (Lipinski definition) is 2. The molecule has 0 aliphatic carbocycles. The Morgan fingerprint density at radius 2 is 1.86 bits per heavy atom. The fourth-order valence-electron chi connectivity index (χ4n) is 2.11. The number of unbranched alkanes of at least 4 members (excludes halogenated alkanes) is 1. The van der Waals surface area contributed by atoms with E-state index in [-0.39, 0.29) is 5.69 Å². The first-order valence-electron chi connectivity index (χ1n) is 6.99. The van der Waals surface area contributed by atoms with Crippen LogP contribution in [0.25, 0.3) is 0 Å². The Morgan fingerprint density at radius 1 is 1.14 bits per heavy atom. The van der Waals surface area contributed by atoms with Gasteiger partial charge in [0.05, 0.1) is 4.92 Å². The van der Waals surface area contributed by atoms with Crippen LogP contribution in [-0.2, 0) is 6.42 Å². The van der Waals surface area contributed by atoms with Gasteiger partial charge in [-0.1, -0.05) is 25.5 Å². The largest absolute Gasteiger partial charge is 0.398 e. The number of benzene rings is 2. The van der Waals surface area contributed by atoms with Crippen molar-refractivity contribution in [2.24, 2.45) is 0 Å². The van der Waals surface area contributed by atoms with E-state index in [0.29, 0.717) is 11.4 Å². The Hall–Kier alpha value is -2.56. The smallest absolute Gasteiger partial charge is 0.273 e. The van der Waals surface area contributed by atoms with Crippen molar-refractivity contribution in [1.82, 2.24) is 0 Å². The molecule has 3 N–H and O–H groups in total. The quantitative estimate of drug-likeness (QED) is 0.472.